The van der Waals surface area contributed by atoms with Crippen LogP contribution in [0.15, 0.2) is 30.5 Å². The molecule has 2 aromatic rings. The van der Waals surface area contributed by atoms with Gasteiger partial charge < -0.3 is 15.4 Å². The van der Waals surface area contributed by atoms with Crippen LogP contribution >= 0.6 is 11.8 Å². The molecule has 1 heterocycles. The van der Waals surface area contributed by atoms with Crippen LogP contribution in [0.3, 0.4) is 0 Å². The molecule has 0 saturated carbocycles. The van der Waals surface area contributed by atoms with E-state index < -0.39 is 0 Å². The number of aromatic nitrogens is 1. The average Bonchev–Trinajstić information content (AvgIpc) is 2.90. The summed E-state index contributed by atoms with van der Waals surface area (Å²) in [5, 5.41) is 12.6. The van der Waals surface area contributed by atoms with Gasteiger partial charge in [-0.15, -0.1) is 0 Å². The van der Waals surface area contributed by atoms with Crippen molar-refractivity contribution >= 4 is 28.6 Å². The SMILES string of the molecule is O=C(NCCSCCCO)c1cccc2cc[nH]c12. The average molecular weight is 278 g/mol. The molecule has 19 heavy (non-hydrogen) atoms. The van der Waals surface area contributed by atoms with Crippen molar-refractivity contribution in [3.8, 4) is 0 Å². The molecule has 3 N–H and O–H groups in total. The largest absolute Gasteiger partial charge is 0.396 e. The third-order valence-corrected chi connectivity index (χ3v) is 3.88. The third-order valence-electron chi connectivity index (χ3n) is 2.81. The minimum absolute atomic E-state index is 0.0455. The summed E-state index contributed by atoms with van der Waals surface area (Å²) < 4.78 is 0. The molecule has 0 spiro atoms. The number of benzene rings is 1. The second-order valence-corrected chi connectivity index (χ2v) is 5.42. The fourth-order valence-electron chi connectivity index (χ4n) is 1.87. The molecule has 0 fully saturated rings. The highest BCUT2D eigenvalue weighted by Crippen LogP contribution is 2.16. The summed E-state index contributed by atoms with van der Waals surface area (Å²) in [5.41, 5.74) is 1.57. The van der Waals surface area contributed by atoms with Gasteiger partial charge in [0.2, 0.25) is 0 Å². The van der Waals surface area contributed by atoms with Gasteiger partial charge in [-0.3, -0.25) is 4.79 Å². The van der Waals surface area contributed by atoms with Crippen LogP contribution in [0.4, 0.5) is 0 Å². The van der Waals surface area contributed by atoms with Gasteiger partial charge in [-0.1, -0.05) is 12.1 Å². The van der Waals surface area contributed by atoms with Crippen molar-refractivity contribution in [1.29, 1.82) is 0 Å². The van der Waals surface area contributed by atoms with Crippen LogP contribution < -0.4 is 5.32 Å². The molecule has 0 atom stereocenters. The zero-order valence-corrected chi connectivity index (χ0v) is 11.5. The summed E-state index contributed by atoms with van der Waals surface area (Å²) in [6.07, 6.45) is 2.65. The first-order chi connectivity index (χ1) is 9.33. The predicted octanol–water partition coefficient (Wildman–Crippen LogP) is 2.01. The first-order valence-electron chi connectivity index (χ1n) is 6.36. The summed E-state index contributed by atoms with van der Waals surface area (Å²) in [6.45, 7) is 0.875. The topological polar surface area (TPSA) is 65.1 Å². The highest BCUT2D eigenvalue weighted by Gasteiger charge is 2.09. The number of rotatable bonds is 7. The predicted molar refractivity (Wildman–Crippen MR) is 79.7 cm³/mol. The van der Waals surface area contributed by atoms with Crippen molar-refractivity contribution in [2.45, 2.75) is 6.42 Å². The number of aromatic amines is 1. The smallest absolute Gasteiger partial charge is 0.253 e. The molecule has 1 aromatic heterocycles. The van der Waals surface area contributed by atoms with Crippen LogP contribution in [0.2, 0.25) is 0 Å². The van der Waals surface area contributed by atoms with E-state index in [-0.39, 0.29) is 12.5 Å². The molecular formula is C14H18N2O2S. The van der Waals surface area contributed by atoms with Gasteiger partial charge in [-0.2, -0.15) is 11.8 Å². The Labute approximate surface area is 116 Å². The first kappa shape index (κ1) is 14.0. The number of hydrogen-bond acceptors (Lipinski definition) is 3. The molecule has 0 radical (unpaired) electrons. The minimum Gasteiger partial charge on any atom is -0.396 e. The van der Waals surface area contributed by atoms with Crippen molar-refractivity contribution in [3.63, 3.8) is 0 Å². The second-order valence-electron chi connectivity index (χ2n) is 4.19. The van der Waals surface area contributed by atoms with E-state index in [1.807, 2.05) is 30.5 Å². The molecule has 0 bridgehead atoms. The van der Waals surface area contributed by atoms with Crippen LogP contribution in [0, 0.1) is 0 Å². The van der Waals surface area contributed by atoms with Gasteiger partial charge in [0, 0.05) is 30.5 Å². The molecule has 5 heteroatoms. The fraction of sp³-hybridized carbons (Fsp3) is 0.357. The van der Waals surface area contributed by atoms with Crippen LogP contribution in [-0.2, 0) is 0 Å². The van der Waals surface area contributed by atoms with E-state index in [1.165, 1.54) is 0 Å². The Balaban J connectivity index is 1.85. The van der Waals surface area contributed by atoms with E-state index in [4.69, 9.17) is 5.11 Å². The van der Waals surface area contributed by atoms with Crippen LogP contribution in [-0.4, -0.2) is 40.7 Å². The van der Waals surface area contributed by atoms with Gasteiger partial charge in [-0.05, 0) is 24.3 Å². The molecule has 2 rings (SSSR count). The van der Waals surface area contributed by atoms with Crippen molar-refractivity contribution in [1.82, 2.24) is 10.3 Å². The molecular weight excluding hydrogens is 260 g/mol. The normalized spacial score (nSPS) is 10.8. The number of carbonyl (C=O) groups excluding carboxylic acids is 1. The monoisotopic (exact) mass is 278 g/mol. The van der Waals surface area contributed by atoms with Gasteiger partial charge in [0.15, 0.2) is 0 Å². The Morgan fingerprint density at radius 1 is 1.32 bits per heavy atom. The summed E-state index contributed by atoms with van der Waals surface area (Å²) in [7, 11) is 0. The summed E-state index contributed by atoms with van der Waals surface area (Å²) >= 11 is 1.74. The lowest BCUT2D eigenvalue weighted by atomic mass is 10.1. The number of H-pyrrole nitrogens is 1. The Morgan fingerprint density at radius 3 is 3.05 bits per heavy atom. The maximum atomic E-state index is 12.1. The summed E-state index contributed by atoms with van der Waals surface area (Å²) in [5.74, 6) is 1.75. The molecule has 0 aliphatic rings. The van der Waals surface area contributed by atoms with Gasteiger partial charge in [0.05, 0.1) is 11.1 Å². The Morgan fingerprint density at radius 2 is 2.21 bits per heavy atom. The number of carbonyl (C=O) groups is 1. The maximum Gasteiger partial charge on any atom is 0.253 e. The quantitative estimate of drug-likeness (QED) is 0.679. The van der Waals surface area contributed by atoms with Crippen molar-refractivity contribution < 1.29 is 9.90 Å². The second kappa shape index (κ2) is 7.21. The number of para-hydroxylation sites is 1. The molecule has 1 amide bonds. The summed E-state index contributed by atoms with van der Waals surface area (Å²) in [4.78, 5) is 15.2. The minimum atomic E-state index is -0.0455. The van der Waals surface area contributed by atoms with Crippen molar-refractivity contribution in [2.75, 3.05) is 24.7 Å². The van der Waals surface area contributed by atoms with E-state index in [1.54, 1.807) is 11.8 Å². The number of fused-ring (bicyclic) bond motifs is 1. The van der Waals surface area contributed by atoms with Crippen LogP contribution in [0.1, 0.15) is 16.8 Å². The number of nitrogens with one attached hydrogen (secondary N) is 2. The number of thioether (sulfide) groups is 1. The van der Waals surface area contributed by atoms with Gasteiger partial charge in [0.25, 0.3) is 5.91 Å². The highest BCUT2D eigenvalue weighted by molar-refractivity contribution is 7.99. The summed E-state index contributed by atoms with van der Waals surface area (Å²) in [6, 6.07) is 7.65. The highest BCUT2D eigenvalue weighted by atomic mass is 32.2. The van der Waals surface area contributed by atoms with Gasteiger partial charge in [-0.25, -0.2) is 0 Å². The lowest BCUT2D eigenvalue weighted by Crippen LogP contribution is -2.26. The molecule has 102 valence electrons. The standard InChI is InChI=1S/C14H18N2O2S/c17-8-2-9-19-10-7-16-14(18)12-4-1-3-11-5-6-15-13(11)12/h1,3-6,15,17H,2,7-10H2,(H,16,18). The van der Waals surface area contributed by atoms with E-state index in [2.05, 4.69) is 10.3 Å². The molecule has 0 saturated heterocycles. The zero-order valence-electron chi connectivity index (χ0n) is 10.7. The van der Waals surface area contributed by atoms with Gasteiger partial charge in [0.1, 0.15) is 0 Å². The molecule has 0 aliphatic carbocycles. The van der Waals surface area contributed by atoms with E-state index >= 15 is 0 Å². The van der Waals surface area contributed by atoms with Crippen molar-refractivity contribution in [3.05, 3.63) is 36.0 Å². The molecule has 0 aliphatic heterocycles. The lowest BCUT2D eigenvalue weighted by molar-refractivity contribution is 0.0957. The molecule has 0 unspecified atom stereocenters. The van der Waals surface area contributed by atoms with E-state index in [0.717, 1.165) is 28.8 Å². The van der Waals surface area contributed by atoms with Crippen LogP contribution in [0.25, 0.3) is 10.9 Å². The fourth-order valence-corrected chi connectivity index (χ4v) is 2.66. The third kappa shape index (κ3) is 3.75. The lowest BCUT2D eigenvalue weighted by Gasteiger charge is -2.06. The van der Waals surface area contributed by atoms with E-state index in [0.29, 0.717) is 12.1 Å². The van der Waals surface area contributed by atoms with E-state index in [9.17, 15) is 4.79 Å². The zero-order chi connectivity index (χ0) is 13.5. The van der Waals surface area contributed by atoms with Crippen molar-refractivity contribution in [2.24, 2.45) is 0 Å². The maximum absolute atomic E-state index is 12.1. The Kier molecular flexibility index (Phi) is 5.30. The first-order valence-corrected chi connectivity index (χ1v) is 7.51. The Hall–Kier alpha value is -1.46. The number of aliphatic hydroxyl groups is 1. The van der Waals surface area contributed by atoms with Gasteiger partial charge >= 0.3 is 0 Å². The molecule has 4 nitrogen and oxygen atoms in total. The molecule has 1 aromatic carbocycles. The number of aliphatic hydroxyl groups excluding tert-OH is 1. The van der Waals surface area contributed by atoms with Crippen LogP contribution in [0.5, 0.6) is 0 Å². The Bertz CT molecular complexity index is 539. The number of hydrogen-bond donors (Lipinski definition) is 3. The number of amides is 1.